The van der Waals surface area contributed by atoms with Gasteiger partial charge in [-0.15, -0.1) is 0 Å². The van der Waals surface area contributed by atoms with E-state index in [2.05, 4.69) is 10.3 Å². The number of benzene rings is 1. The van der Waals surface area contributed by atoms with E-state index in [1.165, 1.54) is 12.1 Å². The van der Waals surface area contributed by atoms with Crippen molar-refractivity contribution >= 4 is 11.5 Å². The average Bonchev–Trinajstić information content (AvgIpc) is 2.44. The summed E-state index contributed by atoms with van der Waals surface area (Å²) in [5.41, 5.74) is -0.565. The summed E-state index contributed by atoms with van der Waals surface area (Å²) in [7, 11) is 0. The van der Waals surface area contributed by atoms with E-state index in [9.17, 15) is 18.9 Å². The van der Waals surface area contributed by atoms with Gasteiger partial charge >= 0.3 is 0 Å². The van der Waals surface area contributed by atoms with Crippen molar-refractivity contribution in [2.24, 2.45) is 0 Å². The lowest BCUT2D eigenvalue weighted by atomic mass is 10.1. The fourth-order valence-electron chi connectivity index (χ4n) is 1.83. The molecule has 0 unspecified atom stereocenters. The first-order chi connectivity index (χ1) is 10.0. The van der Waals surface area contributed by atoms with Crippen LogP contribution in [0.1, 0.15) is 13.3 Å². The van der Waals surface area contributed by atoms with Gasteiger partial charge in [-0.1, -0.05) is 6.92 Å². The van der Waals surface area contributed by atoms with E-state index in [1.54, 1.807) is 0 Å². The Labute approximate surface area is 119 Å². The van der Waals surface area contributed by atoms with E-state index in [1.807, 2.05) is 6.92 Å². The fourth-order valence-corrected chi connectivity index (χ4v) is 1.83. The molecule has 21 heavy (non-hydrogen) atoms. The molecule has 1 aromatic carbocycles. The molecular weight excluding hydrogens is 280 g/mol. The van der Waals surface area contributed by atoms with Crippen molar-refractivity contribution in [3.63, 3.8) is 0 Å². The third kappa shape index (κ3) is 3.31. The summed E-state index contributed by atoms with van der Waals surface area (Å²) in [6.45, 7) is 2.59. The number of nitrogens with zero attached hydrogens (tertiary/aromatic N) is 2. The Balaban J connectivity index is 2.54. The van der Waals surface area contributed by atoms with Gasteiger partial charge in [0.05, 0.1) is 4.92 Å². The first-order valence-electron chi connectivity index (χ1n) is 6.37. The lowest BCUT2D eigenvalue weighted by Gasteiger charge is -2.08. The highest BCUT2D eigenvalue weighted by atomic mass is 19.1. The number of hydrogen-bond donors (Lipinski definition) is 1. The van der Waals surface area contributed by atoms with E-state index >= 15 is 0 Å². The van der Waals surface area contributed by atoms with Gasteiger partial charge < -0.3 is 5.32 Å². The minimum atomic E-state index is -0.891. The highest BCUT2D eigenvalue weighted by Crippen LogP contribution is 2.31. The monoisotopic (exact) mass is 293 g/mol. The first-order valence-corrected chi connectivity index (χ1v) is 6.37. The molecule has 0 saturated carbocycles. The number of pyridine rings is 1. The molecule has 5 nitrogen and oxygen atoms in total. The average molecular weight is 293 g/mol. The molecule has 1 aromatic heterocycles. The zero-order valence-electron chi connectivity index (χ0n) is 11.3. The van der Waals surface area contributed by atoms with Crippen LogP contribution in [0.4, 0.5) is 20.3 Å². The molecule has 0 bridgehead atoms. The smallest absolute Gasteiger partial charge is 0.295 e. The van der Waals surface area contributed by atoms with Crippen molar-refractivity contribution in [3.05, 3.63) is 52.1 Å². The zero-order chi connectivity index (χ0) is 15.4. The zero-order valence-corrected chi connectivity index (χ0v) is 11.3. The van der Waals surface area contributed by atoms with Crippen molar-refractivity contribution in [1.29, 1.82) is 0 Å². The summed E-state index contributed by atoms with van der Waals surface area (Å²) in [4.78, 5) is 14.5. The molecule has 0 aliphatic rings. The van der Waals surface area contributed by atoms with Crippen molar-refractivity contribution in [1.82, 2.24) is 4.98 Å². The Morgan fingerprint density at radius 2 is 2.05 bits per heavy atom. The molecule has 110 valence electrons. The lowest BCUT2D eigenvalue weighted by Crippen LogP contribution is -2.04. The third-order valence-corrected chi connectivity index (χ3v) is 2.81. The summed E-state index contributed by atoms with van der Waals surface area (Å²) < 4.78 is 26.8. The van der Waals surface area contributed by atoms with E-state index in [0.717, 1.165) is 18.6 Å². The molecular formula is C14H13F2N3O2. The number of hydrogen-bond acceptors (Lipinski definition) is 4. The maximum absolute atomic E-state index is 13.8. The summed E-state index contributed by atoms with van der Waals surface area (Å²) in [5.74, 6) is -1.24. The maximum atomic E-state index is 13.8. The predicted octanol–water partition coefficient (Wildman–Crippen LogP) is 3.76. The highest BCUT2D eigenvalue weighted by molar-refractivity contribution is 5.71. The minimum Gasteiger partial charge on any atom is -0.370 e. The Kier molecular flexibility index (Phi) is 4.42. The largest absolute Gasteiger partial charge is 0.370 e. The van der Waals surface area contributed by atoms with Gasteiger partial charge in [0.25, 0.3) is 5.69 Å². The van der Waals surface area contributed by atoms with Crippen molar-refractivity contribution in [2.75, 3.05) is 11.9 Å². The Morgan fingerprint density at radius 3 is 2.67 bits per heavy atom. The van der Waals surface area contributed by atoms with E-state index in [0.29, 0.717) is 18.4 Å². The predicted molar refractivity (Wildman–Crippen MR) is 75.0 cm³/mol. The number of aromatic nitrogens is 1. The molecule has 7 heteroatoms. The van der Waals surface area contributed by atoms with Gasteiger partial charge in [0.2, 0.25) is 0 Å². The Hall–Kier alpha value is -2.57. The van der Waals surface area contributed by atoms with Crippen LogP contribution in [0.2, 0.25) is 0 Å². The first kappa shape index (κ1) is 14.8. The molecule has 0 fully saturated rings. The second kappa shape index (κ2) is 6.25. The number of anilines is 1. The van der Waals surface area contributed by atoms with Crippen molar-refractivity contribution in [3.8, 4) is 11.3 Å². The fraction of sp³-hybridized carbons (Fsp3) is 0.214. The van der Waals surface area contributed by atoms with Crippen LogP contribution in [-0.4, -0.2) is 16.5 Å². The van der Waals surface area contributed by atoms with Crippen LogP contribution >= 0.6 is 0 Å². The Morgan fingerprint density at radius 1 is 1.29 bits per heavy atom. The molecule has 0 amide bonds. The molecule has 0 aliphatic heterocycles. The topological polar surface area (TPSA) is 68.1 Å². The van der Waals surface area contributed by atoms with Gasteiger partial charge in [0, 0.05) is 24.2 Å². The van der Waals surface area contributed by atoms with Gasteiger partial charge in [-0.05, 0) is 24.6 Å². The lowest BCUT2D eigenvalue weighted by molar-refractivity contribution is -0.384. The summed E-state index contributed by atoms with van der Waals surface area (Å²) >= 11 is 0. The van der Waals surface area contributed by atoms with Crippen LogP contribution in [0.25, 0.3) is 11.3 Å². The molecule has 2 rings (SSSR count). The van der Waals surface area contributed by atoms with Gasteiger partial charge in [0.15, 0.2) is 5.69 Å². The highest BCUT2D eigenvalue weighted by Gasteiger charge is 2.20. The van der Waals surface area contributed by atoms with Gasteiger partial charge in [0.1, 0.15) is 17.5 Å². The molecule has 2 aromatic rings. The molecule has 1 N–H and O–H groups in total. The minimum absolute atomic E-state index is 0.108. The molecule has 0 aliphatic carbocycles. The van der Waals surface area contributed by atoms with Crippen LogP contribution in [0.3, 0.4) is 0 Å². The molecule has 0 saturated heterocycles. The van der Waals surface area contributed by atoms with E-state index in [4.69, 9.17) is 0 Å². The molecule has 0 spiro atoms. The molecule has 0 radical (unpaired) electrons. The van der Waals surface area contributed by atoms with Crippen LogP contribution in [0.15, 0.2) is 30.3 Å². The summed E-state index contributed by atoms with van der Waals surface area (Å²) in [6.07, 6.45) is 0.846. The van der Waals surface area contributed by atoms with E-state index in [-0.39, 0.29) is 16.9 Å². The maximum Gasteiger partial charge on any atom is 0.295 e. The normalized spacial score (nSPS) is 10.4. The second-order valence-electron chi connectivity index (χ2n) is 4.37. The van der Waals surface area contributed by atoms with Gasteiger partial charge in [-0.25, -0.2) is 13.8 Å². The number of nitro groups is 1. The number of nitrogens with one attached hydrogen (secondary N) is 1. The third-order valence-electron chi connectivity index (χ3n) is 2.81. The number of halogens is 2. The summed E-state index contributed by atoms with van der Waals surface area (Å²) in [6, 6.07) is 5.56. The van der Waals surface area contributed by atoms with Crippen LogP contribution in [0.5, 0.6) is 0 Å². The molecule has 1 heterocycles. The van der Waals surface area contributed by atoms with Crippen LogP contribution < -0.4 is 5.32 Å². The quantitative estimate of drug-likeness (QED) is 0.673. The Bertz CT molecular complexity index is 677. The van der Waals surface area contributed by atoms with Crippen LogP contribution in [0, 0.1) is 21.7 Å². The standard InChI is InChI=1S/C14H13F2N3O2/c1-2-7-17-13-6-5-12(19(20)21)14(18-13)10-4-3-9(15)8-11(10)16/h3-6,8H,2,7H2,1H3,(H,17,18). The molecule has 0 atom stereocenters. The SMILES string of the molecule is CCCNc1ccc([N+](=O)[O-])c(-c2ccc(F)cc2F)n1. The van der Waals surface area contributed by atoms with Gasteiger partial charge in [-0.2, -0.15) is 0 Å². The second-order valence-corrected chi connectivity index (χ2v) is 4.37. The summed E-state index contributed by atoms with van der Waals surface area (Å²) in [5, 5.41) is 14.0. The van der Waals surface area contributed by atoms with Gasteiger partial charge in [-0.3, -0.25) is 10.1 Å². The number of rotatable bonds is 5. The van der Waals surface area contributed by atoms with Crippen molar-refractivity contribution < 1.29 is 13.7 Å². The van der Waals surface area contributed by atoms with E-state index < -0.39 is 16.6 Å². The van der Waals surface area contributed by atoms with Crippen LogP contribution in [-0.2, 0) is 0 Å². The van der Waals surface area contributed by atoms with Crippen molar-refractivity contribution in [2.45, 2.75) is 13.3 Å².